The summed E-state index contributed by atoms with van der Waals surface area (Å²) in [5, 5.41) is 1.14. The number of halogens is 5. The number of thiazole rings is 1. The minimum Gasteiger partial charge on any atom is -0.741 e. The van der Waals surface area contributed by atoms with Crippen LogP contribution in [0.5, 0.6) is 5.75 Å². The SMILES string of the molecule is COc1cccc2sc(/C=C/c3ccc(N(C)C)c(F)c3)[n+](CCCCI)c12.O=S(=O)([O-])C(F)(F)F. The van der Waals surface area contributed by atoms with Crippen LogP contribution >= 0.6 is 33.9 Å². The maximum atomic E-state index is 14.3. The van der Waals surface area contributed by atoms with E-state index in [1.165, 1.54) is 11.1 Å². The molecule has 0 amide bonds. The summed E-state index contributed by atoms with van der Waals surface area (Å²) >= 11 is 4.15. The Bertz CT molecular complexity index is 1310. The first kappa shape index (κ1) is 30.3. The molecule has 0 aliphatic carbocycles. The molecule has 36 heavy (non-hydrogen) atoms. The van der Waals surface area contributed by atoms with Gasteiger partial charge in [-0.05, 0) is 46.8 Å². The summed E-state index contributed by atoms with van der Waals surface area (Å²) in [6, 6.07) is 11.5. The number of aryl methyl sites for hydroxylation is 1. The number of para-hydroxylation sites is 1. The van der Waals surface area contributed by atoms with Crippen LogP contribution in [0.4, 0.5) is 23.2 Å². The maximum absolute atomic E-state index is 14.3. The molecule has 0 N–H and O–H groups in total. The zero-order chi connectivity index (χ0) is 27.1. The lowest BCUT2D eigenvalue weighted by atomic mass is 10.1. The van der Waals surface area contributed by atoms with Crippen molar-refractivity contribution in [3.8, 4) is 5.75 Å². The van der Waals surface area contributed by atoms with Crippen molar-refractivity contribution < 1.29 is 39.8 Å². The fraction of sp³-hybridized carbons (Fsp3) is 0.348. The summed E-state index contributed by atoms with van der Waals surface area (Å²) in [5.41, 5.74) is -3.06. The molecule has 198 valence electrons. The predicted molar refractivity (Wildman–Crippen MR) is 142 cm³/mol. The Labute approximate surface area is 225 Å². The van der Waals surface area contributed by atoms with Gasteiger partial charge in [-0.25, -0.2) is 12.8 Å². The van der Waals surface area contributed by atoms with E-state index >= 15 is 0 Å². The quantitative estimate of drug-likeness (QED) is 0.0578. The van der Waals surface area contributed by atoms with E-state index in [0.29, 0.717) is 5.69 Å². The Hall–Kier alpha value is -1.97. The molecule has 0 bridgehead atoms. The highest BCUT2D eigenvalue weighted by molar-refractivity contribution is 14.1. The first-order chi connectivity index (χ1) is 16.8. The molecule has 1 aromatic heterocycles. The molecule has 3 rings (SSSR count). The van der Waals surface area contributed by atoms with Crippen LogP contribution in [-0.2, 0) is 16.7 Å². The third kappa shape index (κ3) is 8.02. The third-order valence-corrected chi connectivity index (χ3v) is 7.30. The second-order valence-corrected chi connectivity index (χ2v) is 11.1. The number of benzene rings is 2. The van der Waals surface area contributed by atoms with Gasteiger partial charge in [-0.1, -0.05) is 46.1 Å². The Morgan fingerprint density at radius 3 is 2.36 bits per heavy atom. The van der Waals surface area contributed by atoms with Gasteiger partial charge in [-0.15, -0.1) is 0 Å². The molecule has 0 radical (unpaired) electrons. The van der Waals surface area contributed by atoms with Crippen molar-refractivity contribution in [1.82, 2.24) is 0 Å². The summed E-state index contributed by atoms with van der Waals surface area (Å²) in [6.45, 7) is 0.941. The van der Waals surface area contributed by atoms with Crippen LogP contribution in [0.2, 0.25) is 0 Å². The number of unbranched alkanes of at least 4 members (excludes halogenated alkanes) is 1. The number of fused-ring (bicyclic) bond motifs is 1. The van der Waals surface area contributed by atoms with Gasteiger partial charge in [0.25, 0.3) is 10.5 Å². The number of hydrogen-bond donors (Lipinski definition) is 0. The molecule has 0 fully saturated rings. The van der Waals surface area contributed by atoms with Gasteiger partial charge in [0.05, 0.1) is 12.8 Å². The molecular weight excluding hydrogens is 635 g/mol. The number of aromatic nitrogens is 1. The lowest BCUT2D eigenvalue weighted by Crippen LogP contribution is -2.35. The number of alkyl halides is 4. The van der Waals surface area contributed by atoms with Gasteiger partial charge in [0.15, 0.2) is 22.4 Å². The normalized spacial score (nSPS) is 12.0. The highest BCUT2D eigenvalue weighted by Gasteiger charge is 2.36. The lowest BCUT2D eigenvalue weighted by Gasteiger charge is -2.13. The van der Waals surface area contributed by atoms with E-state index in [0.717, 1.165) is 39.2 Å². The van der Waals surface area contributed by atoms with Gasteiger partial charge >= 0.3 is 5.51 Å². The van der Waals surface area contributed by atoms with Crippen molar-refractivity contribution >= 4 is 72.1 Å². The van der Waals surface area contributed by atoms with E-state index < -0.39 is 15.6 Å². The molecule has 2 aromatic carbocycles. The Morgan fingerprint density at radius 2 is 1.83 bits per heavy atom. The lowest BCUT2D eigenvalue weighted by molar-refractivity contribution is -0.669. The molecule has 13 heteroatoms. The van der Waals surface area contributed by atoms with Crippen LogP contribution in [0.3, 0.4) is 0 Å². The highest BCUT2D eigenvalue weighted by atomic mass is 127. The number of rotatable bonds is 8. The molecule has 0 atom stereocenters. The monoisotopic (exact) mass is 660 g/mol. The molecule has 0 saturated heterocycles. The largest absolute Gasteiger partial charge is 0.741 e. The van der Waals surface area contributed by atoms with E-state index in [1.54, 1.807) is 29.4 Å². The zero-order valence-corrected chi connectivity index (χ0v) is 23.5. The van der Waals surface area contributed by atoms with Crippen molar-refractivity contribution in [2.24, 2.45) is 0 Å². The summed E-state index contributed by atoms with van der Waals surface area (Å²) < 4.78 is 83.5. The number of nitrogens with zero attached hydrogens (tertiary/aromatic N) is 2. The summed E-state index contributed by atoms with van der Waals surface area (Å²) in [4.78, 5) is 1.78. The van der Waals surface area contributed by atoms with Crippen molar-refractivity contribution in [3.05, 3.63) is 52.8 Å². The molecule has 6 nitrogen and oxygen atoms in total. The van der Waals surface area contributed by atoms with Crippen LogP contribution < -0.4 is 14.2 Å². The van der Waals surface area contributed by atoms with Gasteiger partial charge < -0.3 is 14.2 Å². The molecule has 0 aliphatic rings. The van der Waals surface area contributed by atoms with E-state index in [1.807, 2.05) is 44.4 Å². The molecule has 0 spiro atoms. The van der Waals surface area contributed by atoms with Crippen molar-refractivity contribution in [1.29, 1.82) is 0 Å². The first-order valence-corrected chi connectivity index (χ1v) is 14.3. The van der Waals surface area contributed by atoms with Gasteiger partial charge in [0.2, 0.25) is 0 Å². The molecular formula is C23H25F4IN2O4S2. The number of anilines is 1. The zero-order valence-electron chi connectivity index (χ0n) is 19.7. The Kier molecular flexibility index (Phi) is 10.9. The molecule has 0 unspecified atom stereocenters. The van der Waals surface area contributed by atoms with Crippen LogP contribution in [0.1, 0.15) is 23.4 Å². The second-order valence-electron chi connectivity index (χ2n) is 7.63. The Morgan fingerprint density at radius 1 is 1.17 bits per heavy atom. The highest BCUT2D eigenvalue weighted by Crippen LogP contribution is 2.30. The van der Waals surface area contributed by atoms with Crippen molar-refractivity contribution in [3.63, 3.8) is 0 Å². The van der Waals surface area contributed by atoms with Crippen LogP contribution in [-0.4, -0.2) is 44.1 Å². The topological polar surface area (TPSA) is 73.5 Å². The number of hydrogen-bond acceptors (Lipinski definition) is 6. The van der Waals surface area contributed by atoms with Gasteiger partial charge in [-0.2, -0.15) is 17.7 Å². The van der Waals surface area contributed by atoms with E-state index in [2.05, 4.69) is 39.3 Å². The smallest absolute Gasteiger partial charge is 0.485 e. The average molecular weight is 660 g/mol. The number of ether oxygens (including phenoxy) is 1. The van der Waals surface area contributed by atoms with Gasteiger partial charge in [0, 0.05) is 26.6 Å². The van der Waals surface area contributed by atoms with Crippen LogP contribution in [0.15, 0.2) is 36.4 Å². The van der Waals surface area contributed by atoms with Crippen LogP contribution in [0.25, 0.3) is 22.4 Å². The van der Waals surface area contributed by atoms with Gasteiger partial charge in [-0.3, -0.25) is 0 Å². The van der Waals surface area contributed by atoms with Gasteiger partial charge in [0.1, 0.15) is 10.5 Å². The van der Waals surface area contributed by atoms with Crippen molar-refractivity contribution in [2.45, 2.75) is 24.9 Å². The fourth-order valence-corrected chi connectivity index (χ4v) is 4.81. The van der Waals surface area contributed by atoms with E-state index in [4.69, 9.17) is 17.7 Å². The summed E-state index contributed by atoms with van der Waals surface area (Å²) in [5.74, 6) is 0.685. The average Bonchev–Trinajstić information content (AvgIpc) is 3.14. The maximum Gasteiger partial charge on any atom is 0.485 e. The van der Waals surface area contributed by atoms with E-state index in [9.17, 15) is 17.6 Å². The van der Waals surface area contributed by atoms with Crippen LogP contribution in [0, 0.1) is 5.82 Å². The third-order valence-electron chi connectivity index (χ3n) is 4.85. The predicted octanol–water partition coefficient (Wildman–Crippen LogP) is 5.84. The summed E-state index contributed by atoms with van der Waals surface area (Å²) in [7, 11) is -0.687. The fourth-order valence-electron chi connectivity index (χ4n) is 3.16. The number of methoxy groups -OCH3 is 1. The Balaban J connectivity index is 0.000000493. The molecule has 3 aromatic rings. The molecule has 1 heterocycles. The first-order valence-electron chi connectivity index (χ1n) is 10.5. The molecule has 0 aliphatic heterocycles. The minimum atomic E-state index is -6.09. The summed E-state index contributed by atoms with van der Waals surface area (Å²) in [6.07, 6.45) is 6.36. The minimum absolute atomic E-state index is 0.208. The van der Waals surface area contributed by atoms with E-state index in [-0.39, 0.29) is 5.82 Å². The second kappa shape index (κ2) is 13.0. The standard InChI is InChI=1S/C22H25FIN2OS.CHF3O3S/c1-25(2)18-11-9-16(15-17(18)23)10-12-21-26(14-5-4-13-24)22-19(27-3)7-6-8-20(22)28-21;2-1(3,4)8(5,6)7/h6-12,15H,4-5,13-14H2,1-3H3;(H,5,6,7)/q+1;/p-1. The van der Waals surface area contributed by atoms with Crippen molar-refractivity contribution in [2.75, 3.05) is 30.5 Å². The molecule has 0 saturated carbocycles.